The standard InChI is InChI=1S/C54H107N2O6P/c1-6-8-10-12-13-14-15-16-17-18-19-20-21-22-23-24-25-26-27-28-29-30-31-32-33-34-35-36-37-38-39-40-41-42-43-44-46-48-54(58)55-52(53(57)47-45-11-9-7-2)51-62-63(59,60)61-50-49-56(3,4)5/h18-19,45,47,52-53,57H,6-17,20-44,46,48-51H2,1-5H3,(H-,55,58,59,60)/p+1/b19-18-,47-45+. The molecule has 0 bridgehead atoms. The molecule has 1 amide bonds. The second-order valence-electron chi connectivity index (χ2n) is 20.0. The van der Waals surface area contributed by atoms with Gasteiger partial charge < -0.3 is 19.8 Å². The minimum Gasteiger partial charge on any atom is -0.387 e. The van der Waals surface area contributed by atoms with Crippen molar-refractivity contribution in [2.45, 2.75) is 276 Å². The number of hydrogen-bond acceptors (Lipinski definition) is 5. The SMILES string of the molecule is CCCC/C=C/C(O)C(COP(=O)(O)OCC[N+](C)(C)C)NC(=O)CCCCCCCCCCCCCCCCCCCCCCCCCCC/C=C\CCCCCCCCCC. The minimum atomic E-state index is -4.32. The minimum absolute atomic E-state index is 0.0623. The highest BCUT2D eigenvalue weighted by Gasteiger charge is 2.27. The van der Waals surface area contributed by atoms with Gasteiger partial charge in [0.25, 0.3) is 0 Å². The molecular formula is C54H108N2O6P+. The van der Waals surface area contributed by atoms with E-state index in [2.05, 4.69) is 31.3 Å². The maximum atomic E-state index is 12.8. The molecule has 0 aliphatic rings. The third kappa shape index (κ3) is 48.7. The highest BCUT2D eigenvalue weighted by molar-refractivity contribution is 7.47. The molecule has 0 aliphatic heterocycles. The van der Waals surface area contributed by atoms with Crippen molar-refractivity contribution in [3.05, 3.63) is 24.3 Å². The molecule has 9 heteroatoms. The second-order valence-corrected chi connectivity index (χ2v) is 21.4. The van der Waals surface area contributed by atoms with E-state index < -0.39 is 20.0 Å². The predicted molar refractivity (Wildman–Crippen MR) is 272 cm³/mol. The van der Waals surface area contributed by atoms with Crippen LogP contribution < -0.4 is 5.32 Å². The molecule has 0 fully saturated rings. The summed E-state index contributed by atoms with van der Waals surface area (Å²) in [5, 5.41) is 13.6. The van der Waals surface area contributed by atoms with Crippen molar-refractivity contribution < 1.29 is 32.9 Å². The molecule has 0 saturated heterocycles. The lowest BCUT2D eigenvalue weighted by Crippen LogP contribution is -2.45. The zero-order valence-electron chi connectivity index (χ0n) is 42.6. The van der Waals surface area contributed by atoms with Crippen molar-refractivity contribution >= 4 is 13.7 Å². The van der Waals surface area contributed by atoms with Gasteiger partial charge in [0, 0.05) is 6.42 Å². The third-order valence-electron chi connectivity index (χ3n) is 12.4. The fourth-order valence-corrected chi connectivity index (χ4v) is 8.82. The fraction of sp³-hybridized carbons (Fsp3) is 0.907. The van der Waals surface area contributed by atoms with Crippen LogP contribution in [0.4, 0.5) is 0 Å². The van der Waals surface area contributed by atoms with Gasteiger partial charge >= 0.3 is 7.82 Å². The van der Waals surface area contributed by atoms with Crippen LogP contribution in [-0.2, 0) is 18.4 Å². The van der Waals surface area contributed by atoms with E-state index >= 15 is 0 Å². The number of aliphatic hydroxyl groups excluding tert-OH is 1. The van der Waals surface area contributed by atoms with Crippen LogP contribution >= 0.6 is 7.82 Å². The van der Waals surface area contributed by atoms with E-state index in [1.54, 1.807) is 6.08 Å². The number of allylic oxidation sites excluding steroid dienone is 3. The first kappa shape index (κ1) is 62.0. The maximum Gasteiger partial charge on any atom is 0.472 e. The van der Waals surface area contributed by atoms with Gasteiger partial charge in [-0.2, -0.15) is 0 Å². The van der Waals surface area contributed by atoms with Crippen molar-refractivity contribution in [1.29, 1.82) is 0 Å². The number of phosphoric acid groups is 1. The molecule has 0 heterocycles. The topological polar surface area (TPSA) is 105 Å². The first-order chi connectivity index (χ1) is 30.5. The number of phosphoric ester groups is 1. The Balaban J connectivity index is 3.64. The first-order valence-electron chi connectivity index (χ1n) is 27.2. The Morgan fingerprint density at radius 1 is 0.524 bits per heavy atom. The molecule has 3 atom stereocenters. The number of nitrogens with zero attached hydrogens (tertiary/aromatic N) is 1. The van der Waals surface area contributed by atoms with E-state index in [0.717, 1.165) is 38.5 Å². The molecule has 374 valence electrons. The third-order valence-corrected chi connectivity index (χ3v) is 13.4. The predicted octanol–water partition coefficient (Wildman–Crippen LogP) is 16.0. The van der Waals surface area contributed by atoms with Crippen molar-refractivity contribution in [3.63, 3.8) is 0 Å². The van der Waals surface area contributed by atoms with E-state index in [-0.39, 0.29) is 19.1 Å². The molecule has 0 aliphatic carbocycles. The lowest BCUT2D eigenvalue weighted by molar-refractivity contribution is -0.870. The quantitative estimate of drug-likeness (QED) is 0.0243. The Labute approximate surface area is 392 Å². The molecule has 63 heavy (non-hydrogen) atoms. The zero-order chi connectivity index (χ0) is 46.4. The summed E-state index contributed by atoms with van der Waals surface area (Å²) in [5.41, 5.74) is 0. The second kappa shape index (κ2) is 46.1. The summed E-state index contributed by atoms with van der Waals surface area (Å²) < 4.78 is 23.3. The van der Waals surface area contributed by atoms with Crippen LogP contribution in [0.2, 0.25) is 0 Å². The summed E-state index contributed by atoms with van der Waals surface area (Å²) in [4.78, 5) is 22.9. The van der Waals surface area contributed by atoms with Crippen LogP contribution in [0.1, 0.15) is 264 Å². The van der Waals surface area contributed by atoms with Crippen LogP contribution in [0.25, 0.3) is 0 Å². The number of likely N-dealkylation sites (N-methyl/N-ethyl adjacent to an activating group) is 1. The Hall–Kier alpha value is -1.02. The molecule has 8 nitrogen and oxygen atoms in total. The van der Waals surface area contributed by atoms with E-state index in [9.17, 15) is 19.4 Å². The number of hydrogen-bond donors (Lipinski definition) is 3. The van der Waals surface area contributed by atoms with Gasteiger partial charge in [-0.15, -0.1) is 0 Å². The smallest absolute Gasteiger partial charge is 0.387 e. The molecule has 0 radical (unpaired) electrons. The van der Waals surface area contributed by atoms with Crippen molar-refractivity contribution in [2.75, 3.05) is 40.9 Å². The molecule has 0 aromatic heterocycles. The molecule has 0 saturated carbocycles. The van der Waals surface area contributed by atoms with Gasteiger partial charge in [0.2, 0.25) is 5.91 Å². The average molecular weight is 912 g/mol. The summed E-state index contributed by atoms with van der Waals surface area (Å²) in [7, 11) is 1.57. The first-order valence-corrected chi connectivity index (χ1v) is 28.7. The summed E-state index contributed by atoms with van der Waals surface area (Å²) in [6, 6.07) is -0.838. The summed E-state index contributed by atoms with van der Waals surface area (Å²) in [6.07, 6.45) is 58.1. The Morgan fingerprint density at radius 2 is 0.873 bits per heavy atom. The Morgan fingerprint density at radius 3 is 1.25 bits per heavy atom. The zero-order valence-corrected chi connectivity index (χ0v) is 43.5. The number of quaternary nitrogens is 1. The van der Waals surface area contributed by atoms with Crippen LogP contribution in [0.3, 0.4) is 0 Å². The van der Waals surface area contributed by atoms with E-state index in [1.807, 2.05) is 27.2 Å². The van der Waals surface area contributed by atoms with Crippen LogP contribution in [0.5, 0.6) is 0 Å². The largest absolute Gasteiger partial charge is 0.472 e. The Bertz CT molecular complexity index is 1080. The normalized spacial score (nSPS) is 14.2. The average Bonchev–Trinajstić information content (AvgIpc) is 3.24. The lowest BCUT2D eigenvalue weighted by Gasteiger charge is -2.25. The lowest BCUT2D eigenvalue weighted by atomic mass is 10.0. The van der Waals surface area contributed by atoms with Gasteiger partial charge in [0.05, 0.1) is 39.9 Å². The molecule has 3 unspecified atom stereocenters. The van der Waals surface area contributed by atoms with Crippen LogP contribution in [-0.4, -0.2) is 73.4 Å². The Kier molecular flexibility index (Phi) is 45.4. The maximum absolute atomic E-state index is 12.8. The molecule has 3 N–H and O–H groups in total. The molecule has 0 aromatic carbocycles. The molecule has 0 spiro atoms. The van der Waals surface area contributed by atoms with Crippen LogP contribution in [0.15, 0.2) is 24.3 Å². The summed E-state index contributed by atoms with van der Waals surface area (Å²) in [6.45, 7) is 4.68. The molecule has 0 rings (SSSR count). The van der Waals surface area contributed by atoms with Gasteiger partial charge in [-0.25, -0.2) is 4.57 Å². The van der Waals surface area contributed by atoms with Gasteiger partial charge in [-0.3, -0.25) is 13.8 Å². The number of amides is 1. The van der Waals surface area contributed by atoms with Crippen molar-refractivity contribution in [2.24, 2.45) is 0 Å². The van der Waals surface area contributed by atoms with Crippen molar-refractivity contribution in [3.8, 4) is 0 Å². The monoisotopic (exact) mass is 912 g/mol. The van der Waals surface area contributed by atoms with E-state index in [1.165, 1.54) is 205 Å². The number of carbonyl (C=O) groups excluding carboxylic acids is 1. The number of unbranched alkanes of at least 4 members (excludes halogenated alkanes) is 35. The van der Waals surface area contributed by atoms with Crippen LogP contribution in [0, 0.1) is 0 Å². The van der Waals surface area contributed by atoms with E-state index in [4.69, 9.17) is 9.05 Å². The summed E-state index contributed by atoms with van der Waals surface area (Å²) >= 11 is 0. The fourth-order valence-electron chi connectivity index (χ4n) is 8.08. The molecular weight excluding hydrogens is 804 g/mol. The number of aliphatic hydroxyl groups is 1. The molecule has 0 aromatic rings. The number of carbonyl (C=O) groups is 1. The van der Waals surface area contributed by atoms with E-state index in [0.29, 0.717) is 17.4 Å². The van der Waals surface area contributed by atoms with Gasteiger partial charge in [0.15, 0.2) is 0 Å². The van der Waals surface area contributed by atoms with Gasteiger partial charge in [-0.05, 0) is 38.5 Å². The van der Waals surface area contributed by atoms with Crippen molar-refractivity contribution in [1.82, 2.24) is 5.32 Å². The number of rotatable bonds is 50. The van der Waals surface area contributed by atoms with Gasteiger partial charge in [-0.1, -0.05) is 244 Å². The highest BCUT2D eigenvalue weighted by atomic mass is 31.2. The van der Waals surface area contributed by atoms with Gasteiger partial charge in [0.1, 0.15) is 13.2 Å². The number of nitrogens with one attached hydrogen (secondary N) is 1. The summed E-state index contributed by atoms with van der Waals surface area (Å²) in [5.74, 6) is -0.182. The highest BCUT2D eigenvalue weighted by Crippen LogP contribution is 2.43.